The average molecular weight is 774 g/mol. The van der Waals surface area contributed by atoms with Crippen molar-refractivity contribution in [3.8, 4) is 0 Å². The molecule has 3 rings (SSSR count). The van der Waals surface area contributed by atoms with Crippen molar-refractivity contribution in [2.75, 3.05) is 0 Å². The van der Waals surface area contributed by atoms with Crippen molar-refractivity contribution in [3.63, 3.8) is 0 Å². The van der Waals surface area contributed by atoms with E-state index in [-0.39, 0.29) is 0 Å². The first-order valence-corrected chi connectivity index (χ1v) is 18.2. The van der Waals surface area contributed by atoms with E-state index in [1.807, 2.05) is 0 Å². The van der Waals surface area contributed by atoms with Gasteiger partial charge in [-0.2, -0.15) is 0 Å². The number of benzene rings is 3. The van der Waals surface area contributed by atoms with Crippen LogP contribution in [0.2, 0.25) is 0 Å². The van der Waals surface area contributed by atoms with Gasteiger partial charge in [0.25, 0.3) is 0 Å². The molecule has 0 aliphatic rings. The van der Waals surface area contributed by atoms with Crippen LogP contribution in [0.4, 0.5) is 70.7 Å². The van der Waals surface area contributed by atoms with Crippen molar-refractivity contribution in [3.05, 3.63) is 87.3 Å². The summed E-state index contributed by atoms with van der Waals surface area (Å²) in [5, 5.41) is -4.43. The molecule has 0 N–H and O–H groups in total. The molecule has 3 aromatic rings. The fraction of sp³-hybridized carbons (Fsp3) is 0.387. The highest BCUT2D eigenvalue weighted by atomic mass is 31.2. The molecule has 0 amide bonds. The average Bonchev–Trinajstić information content (AvgIpc) is 2.97. The molecule has 2 nitrogen and oxygen atoms in total. The second kappa shape index (κ2) is 12.9. The van der Waals surface area contributed by atoms with Crippen molar-refractivity contribution in [1.29, 1.82) is 0 Å². The number of hydrogen-bond acceptors (Lipinski definition) is 2. The Morgan fingerprint density at radius 2 is 0.540 bits per heavy atom. The minimum Gasteiger partial charge on any atom is -0.731 e. The molecule has 0 spiro atoms. The molecular formula is C31H27AlF15O2P. The smallest absolute Gasteiger partial charge is 0.498 e. The van der Waals surface area contributed by atoms with Gasteiger partial charge in [0.15, 0.2) is 52.4 Å². The predicted molar refractivity (Wildman–Crippen MR) is 156 cm³/mol. The van der Waals surface area contributed by atoms with Crippen LogP contribution in [0.5, 0.6) is 0 Å². The molecule has 0 heterocycles. The van der Waals surface area contributed by atoms with Gasteiger partial charge in [0.05, 0.1) is 15.5 Å². The van der Waals surface area contributed by atoms with E-state index in [1.54, 1.807) is 0 Å². The Labute approximate surface area is 279 Å². The zero-order valence-electron chi connectivity index (χ0n) is 27.5. The highest BCUT2D eigenvalue weighted by Gasteiger charge is 2.72. The summed E-state index contributed by atoms with van der Waals surface area (Å²) in [5.74, 6) is -47.4. The highest BCUT2D eigenvalue weighted by Crippen LogP contribution is 2.84. The number of halogens is 15. The summed E-state index contributed by atoms with van der Waals surface area (Å²) in [6.45, 7) is 12.1. The van der Waals surface area contributed by atoms with Crippen LogP contribution in [0, 0.1) is 87.3 Å². The predicted octanol–water partition coefficient (Wildman–Crippen LogP) is 9.29. The van der Waals surface area contributed by atoms with Crippen molar-refractivity contribution in [2.45, 2.75) is 77.8 Å². The lowest BCUT2D eigenvalue weighted by Crippen LogP contribution is -2.76. The molecule has 0 atom stereocenters. The van der Waals surface area contributed by atoms with Gasteiger partial charge in [-0.1, -0.05) is 0 Å². The summed E-state index contributed by atoms with van der Waals surface area (Å²) in [7, 11) is -4.13. The van der Waals surface area contributed by atoms with Crippen LogP contribution in [0.15, 0.2) is 0 Å². The minimum atomic E-state index is -8.37. The zero-order chi connectivity index (χ0) is 39.2. The molecule has 3 aromatic carbocycles. The van der Waals surface area contributed by atoms with E-state index < -0.39 is 142 Å². The molecule has 276 valence electrons. The van der Waals surface area contributed by atoms with Gasteiger partial charge >= 0.3 is 19.1 Å². The Balaban J connectivity index is 3.01. The first kappa shape index (κ1) is 41.5. The van der Waals surface area contributed by atoms with E-state index in [2.05, 4.69) is 0 Å². The third kappa shape index (κ3) is 5.59. The van der Waals surface area contributed by atoms with Crippen molar-refractivity contribution < 1.29 is 74.4 Å². The Hall–Kier alpha value is -2.96. The lowest BCUT2D eigenvalue weighted by atomic mass is 10.2. The Morgan fingerprint density at radius 3 is 0.700 bits per heavy atom. The van der Waals surface area contributed by atoms with E-state index in [0.29, 0.717) is 0 Å². The van der Waals surface area contributed by atoms with Gasteiger partial charge in [0.2, 0.25) is 0 Å². The number of carbonyl (C=O) groups excluding carboxylic acids is 1. The first-order chi connectivity index (χ1) is 22.4. The second-order valence-electron chi connectivity index (χ2n) is 14.3. The monoisotopic (exact) mass is 774 g/mol. The van der Waals surface area contributed by atoms with Gasteiger partial charge < -0.3 is 3.79 Å². The van der Waals surface area contributed by atoms with E-state index in [9.17, 15) is 44.3 Å². The van der Waals surface area contributed by atoms with Gasteiger partial charge in [-0.15, -0.1) is 13.3 Å². The highest BCUT2D eigenvalue weighted by molar-refractivity contribution is 7.94. The lowest BCUT2D eigenvalue weighted by Gasteiger charge is -2.54. The normalized spacial score (nSPS) is 13.3. The fourth-order valence-electron chi connectivity index (χ4n) is 7.62. The van der Waals surface area contributed by atoms with E-state index in [1.165, 1.54) is 62.3 Å². The summed E-state index contributed by atoms with van der Waals surface area (Å²) in [4.78, 5) is 14.9. The number of hydrogen-bond donors (Lipinski definition) is 0. The van der Waals surface area contributed by atoms with Crippen molar-refractivity contribution in [1.82, 2.24) is 0 Å². The number of carbonyl (C=O) groups is 1. The summed E-state index contributed by atoms with van der Waals surface area (Å²) in [5.41, 5.74) is -1.97. The first-order valence-electron chi connectivity index (χ1n) is 14.2. The van der Waals surface area contributed by atoms with Crippen LogP contribution in [-0.4, -0.2) is 34.6 Å². The molecule has 0 aromatic heterocycles. The van der Waals surface area contributed by atoms with Crippen LogP contribution in [0.25, 0.3) is 0 Å². The largest absolute Gasteiger partial charge is 0.731 e. The third-order valence-corrected chi connectivity index (χ3v) is 19.9. The van der Waals surface area contributed by atoms with E-state index >= 15 is 26.3 Å². The Morgan fingerprint density at radius 1 is 0.380 bits per heavy atom. The number of rotatable bonds is 5. The van der Waals surface area contributed by atoms with Crippen molar-refractivity contribution in [2.24, 2.45) is 0 Å². The van der Waals surface area contributed by atoms with Crippen molar-refractivity contribution >= 4 is 39.7 Å². The molecular weight excluding hydrogens is 747 g/mol. The van der Waals surface area contributed by atoms with Crippen LogP contribution in [0.1, 0.15) is 62.3 Å². The molecule has 50 heavy (non-hydrogen) atoms. The molecule has 0 aliphatic heterocycles. The molecule has 0 saturated carbocycles. The summed E-state index contributed by atoms with van der Waals surface area (Å²) in [6.07, 6.45) is 0. The maximum Gasteiger partial charge on any atom is 0.498 e. The molecule has 0 unspecified atom stereocenters. The van der Waals surface area contributed by atoms with Crippen LogP contribution in [0.3, 0.4) is 0 Å². The Kier molecular flexibility index (Phi) is 10.7. The summed E-state index contributed by atoms with van der Waals surface area (Å²) in [6, 6.07) is 0. The van der Waals surface area contributed by atoms with Crippen LogP contribution >= 0.6 is 7.26 Å². The fourth-order valence-corrected chi connectivity index (χ4v) is 20.8. The topological polar surface area (TPSA) is 26.3 Å². The Bertz CT molecular complexity index is 1640. The molecule has 0 saturated heterocycles. The molecule has 0 fully saturated rings. The van der Waals surface area contributed by atoms with Gasteiger partial charge in [-0.05, 0) is 62.3 Å². The molecule has 0 aliphatic carbocycles. The van der Waals surface area contributed by atoms with E-state index in [0.717, 1.165) is 0 Å². The zero-order valence-corrected chi connectivity index (χ0v) is 29.6. The van der Waals surface area contributed by atoms with Crippen LogP contribution in [-0.2, 0) is 3.79 Å². The quantitative estimate of drug-likeness (QED) is 0.0850. The SMILES string of the molecule is CC(C)(C)[P+](C(=O)[O][Al-]([c]1c(F)c(F)c(F)c(F)c1F)([c]1c(F)c(F)c(F)c(F)c1F)[c]1c(F)c(F)c(F)c(F)c1F)(C(C)(C)C)C(C)(C)C. The van der Waals surface area contributed by atoms with E-state index in [4.69, 9.17) is 3.79 Å². The van der Waals surface area contributed by atoms with Gasteiger partial charge in [-0.25, -0.2) is 70.7 Å². The second-order valence-corrected chi connectivity index (χ2v) is 23.6. The standard InChI is InChI=1S/C13H27O2P.3C6F5.Al/c1-11(2,3)16(10(14)15,12(4,5)6)13(7,8)9;3*7-2-1-3(8)5(10)6(11)4(2)9;/h1-9H3;;;;. The van der Waals surface area contributed by atoms with Crippen LogP contribution < -0.4 is 13.3 Å². The van der Waals surface area contributed by atoms with Gasteiger partial charge in [0.1, 0.15) is 42.2 Å². The van der Waals surface area contributed by atoms with Gasteiger partial charge in [-0.3, -0.25) is 0 Å². The summed E-state index contributed by atoms with van der Waals surface area (Å²) < 4.78 is 225. The molecule has 0 bridgehead atoms. The molecule has 0 radical (unpaired) electrons. The molecule has 19 heteroatoms. The van der Waals surface area contributed by atoms with Gasteiger partial charge in [0, 0.05) is 0 Å². The minimum absolute atomic E-state index is 1.35. The summed E-state index contributed by atoms with van der Waals surface area (Å²) >= 11 is -8.37. The maximum absolute atomic E-state index is 15.9. The maximum atomic E-state index is 15.9. The third-order valence-electron chi connectivity index (χ3n) is 8.52. The lowest BCUT2D eigenvalue weighted by molar-refractivity contribution is 0.222.